The summed E-state index contributed by atoms with van der Waals surface area (Å²) < 4.78 is 11.0. The van der Waals surface area contributed by atoms with Gasteiger partial charge in [0.2, 0.25) is 0 Å². The third kappa shape index (κ3) is 6.16. The highest BCUT2D eigenvalue weighted by atomic mass is 16.8. The molecule has 9 nitrogen and oxygen atoms in total. The zero-order chi connectivity index (χ0) is 28.1. The molecule has 5 rings (SSSR count). The van der Waals surface area contributed by atoms with E-state index in [9.17, 15) is 19.5 Å². The lowest BCUT2D eigenvalue weighted by Crippen LogP contribution is -2.42. The molecule has 1 fully saturated rings. The minimum atomic E-state index is -1.20. The first-order valence-corrected chi connectivity index (χ1v) is 13.4. The van der Waals surface area contributed by atoms with E-state index in [1.165, 1.54) is 7.05 Å². The predicted octanol–water partition coefficient (Wildman–Crippen LogP) is 4.75. The zero-order valence-electron chi connectivity index (χ0n) is 22.2. The SMILES string of the molecule is CN(OC1CCCCO1)C(=O)c1ccc(CC(NC(=O)OCC2c3ccccc3-c3ccccc32)C(=O)O)cc1. The molecule has 1 aliphatic carbocycles. The normalized spacial score (nSPS) is 16.9. The highest BCUT2D eigenvalue weighted by Gasteiger charge is 2.30. The lowest BCUT2D eigenvalue weighted by atomic mass is 9.98. The number of alkyl carbamates (subject to hydrolysis) is 1. The molecule has 1 saturated heterocycles. The summed E-state index contributed by atoms with van der Waals surface area (Å²) in [6.07, 6.45) is 1.47. The van der Waals surface area contributed by atoms with Gasteiger partial charge in [0.1, 0.15) is 12.6 Å². The number of carbonyl (C=O) groups is 3. The minimum absolute atomic E-state index is 0.0241. The molecule has 2 aliphatic rings. The fourth-order valence-electron chi connectivity index (χ4n) is 5.20. The standard InChI is InChI=1S/C31H32N2O7/c1-33(40-28-12-6-7-17-38-28)29(34)21-15-13-20(14-16-21)18-27(30(35)36)32-31(37)39-19-26-24-10-4-2-8-22(24)23-9-3-5-11-25(23)26/h2-5,8-11,13-16,26-28H,6-7,12,17-19H2,1H3,(H,32,37)(H,35,36). The fourth-order valence-corrected chi connectivity index (χ4v) is 5.20. The van der Waals surface area contributed by atoms with Gasteiger partial charge in [-0.2, -0.15) is 0 Å². The summed E-state index contributed by atoms with van der Waals surface area (Å²) in [5, 5.41) is 13.4. The zero-order valence-corrected chi connectivity index (χ0v) is 22.2. The van der Waals surface area contributed by atoms with Crippen molar-refractivity contribution in [3.05, 3.63) is 95.1 Å². The molecule has 0 saturated carbocycles. The average molecular weight is 545 g/mol. The van der Waals surface area contributed by atoms with Gasteiger partial charge in [-0.05, 0) is 52.8 Å². The van der Waals surface area contributed by atoms with E-state index in [1.807, 2.05) is 48.5 Å². The maximum absolute atomic E-state index is 12.7. The Labute approximate surface area is 232 Å². The van der Waals surface area contributed by atoms with E-state index in [-0.39, 0.29) is 24.9 Å². The molecule has 208 valence electrons. The number of carboxylic acids is 1. The Bertz CT molecular complexity index is 1320. The summed E-state index contributed by atoms with van der Waals surface area (Å²) >= 11 is 0. The maximum atomic E-state index is 12.7. The second kappa shape index (κ2) is 12.3. The number of amides is 2. The average Bonchev–Trinajstić information content (AvgIpc) is 3.30. The van der Waals surface area contributed by atoms with Crippen LogP contribution in [0.15, 0.2) is 72.8 Å². The van der Waals surface area contributed by atoms with E-state index >= 15 is 0 Å². The van der Waals surface area contributed by atoms with Gasteiger partial charge in [0.05, 0.1) is 0 Å². The monoisotopic (exact) mass is 544 g/mol. The van der Waals surface area contributed by atoms with Crippen LogP contribution in [0.5, 0.6) is 0 Å². The Morgan fingerprint density at radius 3 is 2.23 bits per heavy atom. The van der Waals surface area contributed by atoms with E-state index in [2.05, 4.69) is 5.32 Å². The van der Waals surface area contributed by atoms with Gasteiger partial charge in [0, 0.05) is 38.0 Å². The fraction of sp³-hybridized carbons (Fsp3) is 0.323. The first kappa shape index (κ1) is 27.4. The third-order valence-corrected chi connectivity index (χ3v) is 7.27. The molecule has 1 heterocycles. The van der Waals surface area contributed by atoms with Crippen molar-refractivity contribution in [2.75, 3.05) is 20.3 Å². The van der Waals surface area contributed by atoms with Crippen molar-refractivity contribution in [3.63, 3.8) is 0 Å². The molecule has 9 heteroatoms. The summed E-state index contributed by atoms with van der Waals surface area (Å²) in [5.41, 5.74) is 5.39. The molecule has 0 aromatic heterocycles. The van der Waals surface area contributed by atoms with Crippen molar-refractivity contribution in [1.29, 1.82) is 0 Å². The molecular formula is C31H32N2O7. The van der Waals surface area contributed by atoms with Gasteiger partial charge >= 0.3 is 12.1 Å². The number of fused-ring (bicyclic) bond motifs is 3. The summed E-state index contributed by atoms with van der Waals surface area (Å²) in [5.74, 6) is -1.65. The summed E-state index contributed by atoms with van der Waals surface area (Å²) in [7, 11) is 1.53. The van der Waals surface area contributed by atoms with Crippen LogP contribution < -0.4 is 5.32 Å². The quantitative estimate of drug-likeness (QED) is 0.374. The van der Waals surface area contributed by atoms with E-state index in [0.29, 0.717) is 17.7 Å². The first-order valence-electron chi connectivity index (χ1n) is 13.4. The van der Waals surface area contributed by atoms with Crippen molar-refractivity contribution < 1.29 is 33.8 Å². The second-order valence-corrected chi connectivity index (χ2v) is 9.97. The second-order valence-electron chi connectivity index (χ2n) is 9.97. The van der Waals surface area contributed by atoms with Gasteiger partial charge in [-0.1, -0.05) is 60.7 Å². The molecule has 1 aliphatic heterocycles. The molecule has 2 amide bonds. The van der Waals surface area contributed by atoms with Crippen LogP contribution in [0, 0.1) is 0 Å². The summed E-state index contributed by atoms with van der Waals surface area (Å²) in [6, 6.07) is 21.3. The Kier molecular flexibility index (Phi) is 8.42. The van der Waals surface area contributed by atoms with Crippen molar-refractivity contribution in [2.45, 2.75) is 43.9 Å². The summed E-state index contributed by atoms with van der Waals surface area (Å²) in [4.78, 5) is 42.9. The molecule has 2 atom stereocenters. The Morgan fingerprint density at radius 2 is 1.62 bits per heavy atom. The number of nitrogens with one attached hydrogen (secondary N) is 1. The van der Waals surface area contributed by atoms with Gasteiger partial charge in [-0.15, -0.1) is 0 Å². The van der Waals surface area contributed by atoms with Crippen molar-refractivity contribution in [3.8, 4) is 11.1 Å². The van der Waals surface area contributed by atoms with Crippen LogP contribution in [0.1, 0.15) is 52.2 Å². The van der Waals surface area contributed by atoms with Crippen molar-refractivity contribution >= 4 is 18.0 Å². The molecule has 3 aromatic rings. The van der Waals surface area contributed by atoms with E-state index < -0.39 is 24.4 Å². The Hall–Kier alpha value is -4.21. The molecule has 2 unspecified atom stereocenters. The molecule has 3 aromatic carbocycles. The topological polar surface area (TPSA) is 114 Å². The molecular weight excluding hydrogens is 512 g/mol. The number of rotatable bonds is 9. The number of benzene rings is 3. The number of carboxylic acid groups (broad SMARTS) is 1. The van der Waals surface area contributed by atoms with Crippen LogP contribution in [-0.2, 0) is 25.5 Å². The molecule has 0 bridgehead atoms. The molecule has 0 radical (unpaired) electrons. The minimum Gasteiger partial charge on any atom is -0.480 e. The highest BCUT2D eigenvalue weighted by molar-refractivity contribution is 5.93. The maximum Gasteiger partial charge on any atom is 0.407 e. The van der Waals surface area contributed by atoms with Crippen molar-refractivity contribution in [2.24, 2.45) is 0 Å². The summed E-state index contributed by atoms with van der Waals surface area (Å²) in [6.45, 7) is 0.695. The number of hydrogen-bond donors (Lipinski definition) is 2. The number of hydroxylamine groups is 2. The van der Waals surface area contributed by atoms with Crippen LogP contribution in [0.25, 0.3) is 11.1 Å². The van der Waals surface area contributed by atoms with Crippen LogP contribution >= 0.6 is 0 Å². The van der Waals surface area contributed by atoms with Crippen molar-refractivity contribution in [1.82, 2.24) is 10.4 Å². The lowest BCUT2D eigenvalue weighted by Gasteiger charge is -2.27. The number of aliphatic carboxylic acids is 1. The van der Waals surface area contributed by atoms with E-state index in [0.717, 1.165) is 46.6 Å². The number of ether oxygens (including phenoxy) is 2. The number of hydrogen-bond acceptors (Lipinski definition) is 6. The Morgan fingerprint density at radius 1 is 0.975 bits per heavy atom. The smallest absolute Gasteiger partial charge is 0.407 e. The highest BCUT2D eigenvalue weighted by Crippen LogP contribution is 2.44. The van der Waals surface area contributed by atoms with Crippen LogP contribution in [-0.4, -0.2) is 60.7 Å². The van der Waals surface area contributed by atoms with Gasteiger partial charge in [0.15, 0.2) is 6.29 Å². The Balaban J connectivity index is 1.16. The van der Waals surface area contributed by atoms with E-state index in [1.54, 1.807) is 24.3 Å². The van der Waals surface area contributed by atoms with Crippen LogP contribution in [0.3, 0.4) is 0 Å². The van der Waals surface area contributed by atoms with Crippen LogP contribution in [0.4, 0.5) is 4.79 Å². The van der Waals surface area contributed by atoms with Gasteiger partial charge in [-0.25, -0.2) is 19.5 Å². The first-order chi connectivity index (χ1) is 19.4. The largest absolute Gasteiger partial charge is 0.480 e. The van der Waals surface area contributed by atoms with Gasteiger partial charge < -0.3 is 19.9 Å². The third-order valence-electron chi connectivity index (χ3n) is 7.27. The van der Waals surface area contributed by atoms with Gasteiger partial charge in [0.25, 0.3) is 5.91 Å². The van der Waals surface area contributed by atoms with Gasteiger partial charge in [-0.3, -0.25) is 4.79 Å². The number of nitrogens with zero attached hydrogens (tertiary/aromatic N) is 1. The van der Waals surface area contributed by atoms with Crippen LogP contribution in [0.2, 0.25) is 0 Å². The number of carbonyl (C=O) groups excluding carboxylic acids is 2. The van der Waals surface area contributed by atoms with E-state index in [4.69, 9.17) is 14.3 Å². The predicted molar refractivity (Wildman–Crippen MR) is 147 cm³/mol. The molecule has 2 N–H and O–H groups in total. The molecule has 40 heavy (non-hydrogen) atoms. The molecule has 0 spiro atoms. The lowest BCUT2D eigenvalue weighted by molar-refractivity contribution is -0.258.